The van der Waals surface area contributed by atoms with Crippen LogP contribution in [-0.2, 0) is 0 Å². The van der Waals surface area contributed by atoms with Gasteiger partial charge in [-0.05, 0) is 0 Å². The predicted molar refractivity (Wildman–Crippen MR) is 46.1 cm³/mol. The fourth-order valence-electron chi connectivity index (χ4n) is 0.483. The summed E-state index contributed by atoms with van der Waals surface area (Å²) in [5.41, 5.74) is 1.27. The first kappa shape index (κ1) is 16.8. The van der Waals surface area contributed by atoms with E-state index in [2.05, 4.69) is 19.1 Å². The minimum absolute atomic E-state index is 0. The third-order valence-corrected chi connectivity index (χ3v) is 0.863. The van der Waals surface area contributed by atoms with Gasteiger partial charge in [-0.1, -0.05) is 6.92 Å². The van der Waals surface area contributed by atoms with Gasteiger partial charge in [-0.3, -0.25) is 0 Å². The number of halogens is 2. The fourth-order valence-corrected chi connectivity index (χ4v) is 0.483. The molecule has 1 rings (SSSR count). The summed E-state index contributed by atoms with van der Waals surface area (Å²) in [6.45, 7) is 2.05. The largest absolute Gasteiger partial charge is 2.00 e. The summed E-state index contributed by atoms with van der Waals surface area (Å²) in [6, 6.07) is 10.8. The van der Waals surface area contributed by atoms with Crippen LogP contribution in [0.25, 0.3) is 0 Å². The van der Waals surface area contributed by atoms with Gasteiger partial charge in [-0.2, -0.15) is 35.9 Å². The van der Waals surface area contributed by atoms with Gasteiger partial charge in [0.15, 0.2) is 0 Å². The number of hydrogen-bond donors (Lipinski definition) is 0. The van der Waals surface area contributed by atoms with Crippen LogP contribution >= 0.6 is 17.0 Å². The third-order valence-electron chi connectivity index (χ3n) is 0.863. The van der Waals surface area contributed by atoms with Crippen LogP contribution in [0.2, 0.25) is 0 Å². The van der Waals surface area contributed by atoms with Gasteiger partial charge in [0.25, 0.3) is 0 Å². The molecule has 1 aromatic rings. The van der Waals surface area contributed by atoms with E-state index >= 15 is 0 Å². The molecular formula is C7H8BrFMg. The van der Waals surface area contributed by atoms with Crippen molar-refractivity contribution in [2.75, 3.05) is 0 Å². The first-order chi connectivity index (χ1) is 3.39. The topological polar surface area (TPSA) is 0 Å². The van der Waals surface area contributed by atoms with Gasteiger partial charge in [-0.15, -0.1) is 17.0 Å². The molecule has 0 aliphatic heterocycles. The van der Waals surface area contributed by atoms with Crippen LogP contribution in [0.15, 0.2) is 24.3 Å². The second-order valence-corrected chi connectivity index (χ2v) is 1.58. The molecule has 0 aliphatic carbocycles. The Hall–Kier alpha value is 0.396. The average molecular weight is 215 g/mol. The maximum absolute atomic E-state index is 2.96. The molecule has 0 heterocycles. The molecule has 0 nitrogen and oxygen atoms in total. The Kier molecular flexibility index (Phi) is 15.8. The number of aryl methyl sites for hydroxylation is 1. The number of rotatable bonds is 0. The van der Waals surface area contributed by atoms with E-state index in [1.54, 1.807) is 0 Å². The van der Waals surface area contributed by atoms with E-state index in [1.165, 1.54) is 5.56 Å². The van der Waals surface area contributed by atoms with Gasteiger partial charge in [0.05, 0.1) is 0 Å². The molecule has 10 heavy (non-hydrogen) atoms. The fraction of sp³-hybridized carbons (Fsp3) is 0.143. The second-order valence-electron chi connectivity index (χ2n) is 1.58. The van der Waals surface area contributed by atoms with Crippen LogP contribution in [0.3, 0.4) is 0 Å². The first-order valence-electron chi connectivity index (χ1n) is 2.32. The van der Waals surface area contributed by atoms with Gasteiger partial charge in [0.1, 0.15) is 0 Å². The number of benzene rings is 1. The van der Waals surface area contributed by atoms with Crippen molar-refractivity contribution in [1.82, 2.24) is 0 Å². The van der Waals surface area contributed by atoms with Crippen molar-refractivity contribution in [1.29, 1.82) is 0 Å². The minimum atomic E-state index is 0. The maximum Gasteiger partial charge on any atom is 2.00 e. The average Bonchev–Trinajstić information content (AvgIpc) is 1.69. The maximum atomic E-state index is 2.96. The van der Waals surface area contributed by atoms with Gasteiger partial charge < -0.3 is 4.70 Å². The summed E-state index contributed by atoms with van der Waals surface area (Å²) in [5.74, 6) is 0. The van der Waals surface area contributed by atoms with Crippen LogP contribution in [0.1, 0.15) is 5.56 Å². The molecule has 0 radical (unpaired) electrons. The van der Waals surface area contributed by atoms with Crippen molar-refractivity contribution in [2.24, 2.45) is 0 Å². The smallest absolute Gasteiger partial charge is 1.00 e. The Morgan fingerprint density at radius 1 is 1.40 bits per heavy atom. The monoisotopic (exact) mass is 214 g/mol. The molecule has 0 unspecified atom stereocenters. The van der Waals surface area contributed by atoms with Crippen LogP contribution in [0.5, 0.6) is 0 Å². The van der Waals surface area contributed by atoms with E-state index in [-0.39, 0.29) is 44.7 Å². The van der Waals surface area contributed by atoms with Crippen molar-refractivity contribution in [3.8, 4) is 0 Å². The summed E-state index contributed by atoms with van der Waals surface area (Å²) in [4.78, 5) is 0. The van der Waals surface area contributed by atoms with Crippen molar-refractivity contribution in [3.05, 3.63) is 35.9 Å². The van der Waals surface area contributed by atoms with Gasteiger partial charge in [0, 0.05) is 0 Å². The second kappa shape index (κ2) is 9.40. The third kappa shape index (κ3) is 6.52. The molecule has 0 saturated heterocycles. The zero-order chi connectivity index (χ0) is 5.11. The summed E-state index contributed by atoms with van der Waals surface area (Å²) < 4.78 is 0. The van der Waals surface area contributed by atoms with Gasteiger partial charge >= 0.3 is 23.1 Å². The normalized spacial score (nSPS) is 6.10. The van der Waals surface area contributed by atoms with Crippen LogP contribution in [-0.4, -0.2) is 23.1 Å². The van der Waals surface area contributed by atoms with E-state index in [0.29, 0.717) is 0 Å². The summed E-state index contributed by atoms with van der Waals surface area (Å²) in [6.07, 6.45) is 0. The van der Waals surface area contributed by atoms with Crippen LogP contribution in [0, 0.1) is 13.0 Å². The quantitative estimate of drug-likeness (QED) is 0.384. The number of hydrogen-bond acceptors (Lipinski definition) is 0. The Morgan fingerprint density at radius 3 is 2.20 bits per heavy atom. The van der Waals surface area contributed by atoms with Crippen LogP contribution < -0.4 is 4.70 Å². The molecule has 0 bridgehead atoms. The van der Waals surface area contributed by atoms with Crippen LogP contribution in [0.4, 0.5) is 0 Å². The molecule has 0 fully saturated rings. The van der Waals surface area contributed by atoms with E-state index in [1.807, 2.05) is 18.2 Å². The van der Waals surface area contributed by atoms with Gasteiger partial charge in [-0.25, -0.2) is 0 Å². The summed E-state index contributed by atoms with van der Waals surface area (Å²) in [7, 11) is 0. The molecule has 3 heteroatoms. The Labute approximate surface area is 87.3 Å². The predicted octanol–water partition coefficient (Wildman–Crippen LogP) is -1.00. The molecule has 0 amide bonds. The zero-order valence-electron chi connectivity index (χ0n) is 5.80. The summed E-state index contributed by atoms with van der Waals surface area (Å²) in [5, 5.41) is 0. The van der Waals surface area contributed by atoms with Crippen molar-refractivity contribution < 1.29 is 4.70 Å². The molecule has 0 saturated carbocycles. The Bertz CT molecular complexity index is 144. The SMILES string of the molecule is Br.Cc1c[c-]ccc1.[F-].[Mg+2]. The zero-order valence-corrected chi connectivity index (χ0v) is 8.93. The minimum Gasteiger partial charge on any atom is -1.00 e. The Morgan fingerprint density at radius 2 is 2.00 bits per heavy atom. The molecule has 52 valence electrons. The van der Waals surface area contributed by atoms with Gasteiger partial charge in [0.2, 0.25) is 0 Å². The molecule has 0 atom stereocenters. The molecule has 0 N–H and O–H groups in total. The van der Waals surface area contributed by atoms with Crippen molar-refractivity contribution in [3.63, 3.8) is 0 Å². The molecule has 0 aromatic heterocycles. The molecule has 0 aliphatic rings. The summed E-state index contributed by atoms with van der Waals surface area (Å²) >= 11 is 0. The molecule has 1 aromatic carbocycles. The van der Waals surface area contributed by atoms with E-state index in [4.69, 9.17) is 0 Å². The van der Waals surface area contributed by atoms with Crippen molar-refractivity contribution >= 4 is 40.0 Å². The Balaban J connectivity index is -0.000000163. The first-order valence-corrected chi connectivity index (χ1v) is 2.32. The van der Waals surface area contributed by atoms with Crippen molar-refractivity contribution in [2.45, 2.75) is 6.92 Å². The molecule has 0 spiro atoms. The van der Waals surface area contributed by atoms with E-state index in [9.17, 15) is 0 Å². The van der Waals surface area contributed by atoms with E-state index in [0.717, 1.165) is 0 Å². The molecular weight excluding hydrogens is 207 g/mol. The van der Waals surface area contributed by atoms with E-state index < -0.39 is 0 Å². The standard InChI is InChI=1S/C7H7.BrH.FH.Mg/c1-7-5-3-2-4-6-7;;;/h2-3,5-6H,1H3;2*1H;/q-1;;;+2/p-1.